The molecule has 78 valence electrons. The van der Waals surface area contributed by atoms with E-state index in [0.717, 1.165) is 18.3 Å². The molecule has 14 heavy (non-hydrogen) atoms. The van der Waals surface area contributed by atoms with Crippen LogP contribution in [-0.2, 0) is 6.42 Å². The van der Waals surface area contributed by atoms with Gasteiger partial charge in [-0.25, -0.2) is 0 Å². The fourth-order valence-corrected chi connectivity index (χ4v) is 2.49. The van der Waals surface area contributed by atoms with E-state index in [1.54, 1.807) is 12.5 Å². The monoisotopic (exact) mass is 193 g/mol. The van der Waals surface area contributed by atoms with Gasteiger partial charge in [-0.2, -0.15) is 0 Å². The van der Waals surface area contributed by atoms with E-state index in [9.17, 15) is 0 Å². The van der Waals surface area contributed by atoms with Crippen LogP contribution in [0.15, 0.2) is 23.0 Å². The summed E-state index contributed by atoms with van der Waals surface area (Å²) in [5, 5.41) is 0. The molecule has 0 saturated heterocycles. The van der Waals surface area contributed by atoms with Gasteiger partial charge in [0.05, 0.1) is 12.5 Å². The summed E-state index contributed by atoms with van der Waals surface area (Å²) in [5.74, 6) is 1.59. The molecule has 0 amide bonds. The third-order valence-corrected chi connectivity index (χ3v) is 3.39. The van der Waals surface area contributed by atoms with Crippen molar-refractivity contribution in [3.63, 3.8) is 0 Å². The molecule has 2 rings (SSSR count). The van der Waals surface area contributed by atoms with Gasteiger partial charge in [-0.3, -0.25) is 0 Å². The summed E-state index contributed by atoms with van der Waals surface area (Å²) in [6.45, 7) is 2.32. The Kier molecular flexibility index (Phi) is 2.92. The Morgan fingerprint density at radius 3 is 3.00 bits per heavy atom. The molecule has 1 aromatic rings. The molecule has 0 bridgehead atoms. The smallest absolute Gasteiger partial charge is 0.0935 e. The van der Waals surface area contributed by atoms with E-state index in [-0.39, 0.29) is 0 Å². The maximum absolute atomic E-state index is 6.19. The lowest BCUT2D eigenvalue weighted by molar-refractivity contribution is 0.414. The van der Waals surface area contributed by atoms with Crippen LogP contribution in [0.2, 0.25) is 0 Å². The number of rotatable bonds is 3. The van der Waals surface area contributed by atoms with Crippen molar-refractivity contribution in [3.05, 3.63) is 24.2 Å². The minimum Gasteiger partial charge on any atom is -0.472 e. The number of hydrogen-bond donors (Lipinski definition) is 1. The fourth-order valence-electron chi connectivity index (χ4n) is 2.49. The lowest BCUT2D eigenvalue weighted by atomic mass is 9.93. The van der Waals surface area contributed by atoms with E-state index in [2.05, 4.69) is 6.92 Å². The summed E-state index contributed by atoms with van der Waals surface area (Å²) in [6.07, 6.45) is 8.45. The first-order valence-corrected chi connectivity index (χ1v) is 5.52. The molecule has 1 aromatic heterocycles. The van der Waals surface area contributed by atoms with Crippen LogP contribution in [0.4, 0.5) is 0 Å². The number of hydrogen-bond acceptors (Lipinski definition) is 2. The largest absolute Gasteiger partial charge is 0.472 e. The second-order valence-electron chi connectivity index (χ2n) is 4.68. The summed E-state index contributed by atoms with van der Waals surface area (Å²) < 4.78 is 5.04. The van der Waals surface area contributed by atoms with Gasteiger partial charge < -0.3 is 10.2 Å². The highest BCUT2D eigenvalue weighted by molar-refractivity contribution is 5.07. The lowest BCUT2D eigenvalue weighted by Crippen LogP contribution is -2.30. The van der Waals surface area contributed by atoms with Crippen molar-refractivity contribution in [2.24, 2.45) is 17.6 Å². The van der Waals surface area contributed by atoms with Crippen molar-refractivity contribution in [2.75, 3.05) is 0 Å². The average Bonchev–Trinajstić information content (AvgIpc) is 2.75. The molecule has 1 aliphatic carbocycles. The molecule has 1 aliphatic rings. The van der Waals surface area contributed by atoms with Crippen LogP contribution >= 0.6 is 0 Å². The summed E-state index contributed by atoms with van der Waals surface area (Å²) in [6, 6.07) is 2.33. The Morgan fingerprint density at radius 2 is 2.43 bits per heavy atom. The van der Waals surface area contributed by atoms with Gasteiger partial charge in [0.2, 0.25) is 0 Å². The van der Waals surface area contributed by atoms with Gasteiger partial charge in [-0.1, -0.05) is 13.3 Å². The summed E-state index contributed by atoms with van der Waals surface area (Å²) in [4.78, 5) is 0. The van der Waals surface area contributed by atoms with Crippen LogP contribution in [0, 0.1) is 11.8 Å². The zero-order valence-electron chi connectivity index (χ0n) is 8.78. The Balaban J connectivity index is 1.87. The quantitative estimate of drug-likeness (QED) is 0.801. The van der Waals surface area contributed by atoms with Gasteiger partial charge in [0, 0.05) is 6.04 Å². The Labute approximate surface area is 85.5 Å². The molecule has 2 N–H and O–H groups in total. The molecule has 0 aromatic carbocycles. The second-order valence-corrected chi connectivity index (χ2v) is 4.68. The second kappa shape index (κ2) is 4.18. The van der Waals surface area contributed by atoms with E-state index in [0.29, 0.717) is 6.04 Å². The van der Waals surface area contributed by atoms with Gasteiger partial charge in [0.25, 0.3) is 0 Å². The Bertz CT molecular complexity index is 268. The third-order valence-electron chi connectivity index (χ3n) is 3.39. The maximum Gasteiger partial charge on any atom is 0.0935 e. The normalized spacial score (nSPS) is 29.3. The highest BCUT2D eigenvalue weighted by Crippen LogP contribution is 2.32. The van der Waals surface area contributed by atoms with Crippen molar-refractivity contribution >= 4 is 0 Å². The predicted octanol–water partition coefficient (Wildman–Crippen LogP) is 2.59. The van der Waals surface area contributed by atoms with Crippen LogP contribution in [0.3, 0.4) is 0 Å². The first-order valence-electron chi connectivity index (χ1n) is 5.52. The summed E-state index contributed by atoms with van der Waals surface area (Å²) in [5.41, 5.74) is 7.42. The molecule has 1 fully saturated rings. The molecule has 2 heteroatoms. The molecule has 3 atom stereocenters. The van der Waals surface area contributed by atoms with Crippen molar-refractivity contribution in [3.8, 4) is 0 Å². The minimum atomic E-state index is 0.317. The maximum atomic E-state index is 6.19. The lowest BCUT2D eigenvalue weighted by Gasteiger charge is -2.18. The molecule has 0 radical (unpaired) electrons. The van der Waals surface area contributed by atoms with Gasteiger partial charge in [-0.05, 0) is 42.7 Å². The van der Waals surface area contributed by atoms with Crippen LogP contribution in [0.1, 0.15) is 31.7 Å². The molecular weight excluding hydrogens is 174 g/mol. The van der Waals surface area contributed by atoms with Crippen LogP contribution in [0.5, 0.6) is 0 Å². The zero-order valence-corrected chi connectivity index (χ0v) is 8.78. The average molecular weight is 193 g/mol. The molecule has 1 saturated carbocycles. The summed E-state index contributed by atoms with van der Waals surface area (Å²) in [7, 11) is 0. The van der Waals surface area contributed by atoms with Crippen molar-refractivity contribution in [1.82, 2.24) is 0 Å². The van der Waals surface area contributed by atoms with Gasteiger partial charge in [0.15, 0.2) is 0 Å². The van der Waals surface area contributed by atoms with Gasteiger partial charge in [0.1, 0.15) is 0 Å². The fraction of sp³-hybridized carbons (Fsp3) is 0.667. The molecule has 1 heterocycles. The van der Waals surface area contributed by atoms with Crippen LogP contribution in [-0.4, -0.2) is 6.04 Å². The standard InChI is InChI=1S/C12H19NO/c1-9-2-3-11(6-9)12(13)7-10-4-5-14-8-10/h4-5,8-9,11-12H,2-3,6-7,13H2,1H3. The molecule has 0 aliphatic heterocycles. The number of nitrogens with two attached hydrogens (primary N) is 1. The first kappa shape index (κ1) is 9.78. The van der Waals surface area contributed by atoms with Crippen LogP contribution in [0.25, 0.3) is 0 Å². The Hall–Kier alpha value is -0.760. The van der Waals surface area contributed by atoms with Crippen molar-refractivity contribution in [1.29, 1.82) is 0 Å². The van der Waals surface area contributed by atoms with E-state index >= 15 is 0 Å². The van der Waals surface area contributed by atoms with E-state index in [1.165, 1.54) is 24.8 Å². The van der Waals surface area contributed by atoms with Crippen molar-refractivity contribution < 1.29 is 4.42 Å². The Morgan fingerprint density at radius 1 is 1.57 bits per heavy atom. The molecule has 0 spiro atoms. The van der Waals surface area contributed by atoms with Crippen molar-refractivity contribution in [2.45, 2.75) is 38.6 Å². The van der Waals surface area contributed by atoms with E-state index < -0.39 is 0 Å². The third kappa shape index (κ3) is 2.18. The molecular formula is C12H19NO. The van der Waals surface area contributed by atoms with E-state index in [4.69, 9.17) is 10.2 Å². The van der Waals surface area contributed by atoms with Crippen LogP contribution < -0.4 is 5.73 Å². The molecule has 2 nitrogen and oxygen atoms in total. The number of furan rings is 1. The first-order chi connectivity index (χ1) is 6.75. The van der Waals surface area contributed by atoms with E-state index in [1.807, 2.05) is 6.07 Å². The van der Waals surface area contributed by atoms with Gasteiger partial charge in [-0.15, -0.1) is 0 Å². The predicted molar refractivity (Wildman–Crippen MR) is 56.9 cm³/mol. The highest BCUT2D eigenvalue weighted by atomic mass is 16.3. The molecule has 3 unspecified atom stereocenters. The highest BCUT2D eigenvalue weighted by Gasteiger charge is 2.26. The van der Waals surface area contributed by atoms with Gasteiger partial charge >= 0.3 is 0 Å². The SMILES string of the molecule is CC1CCC(C(N)Cc2ccoc2)C1. The topological polar surface area (TPSA) is 39.2 Å². The summed E-state index contributed by atoms with van der Waals surface area (Å²) >= 11 is 0. The minimum absolute atomic E-state index is 0.317. The zero-order chi connectivity index (χ0) is 9.97.